The average molecular weight is 216 g/mol. The van der Waals surface area contributed by atoms with Crippen LogP contribution in [0.2, 0.25) is 5.15 Å². The third-order valence-electron chi connectivity index (χ3n) is 1.59. The largest absolute Gasteiger partial charge is 0.372 e. The minimum atomic E-state index is -0.521. The third kappa shape index (κ3) is 2.93. The molecule has 0 aliphatic rings. The molecule has 0 saturated carbocycles. The van der Waals surface area contributed by atoms with Crippen molar-refractivity contribution in [2.45, 2.75) is 13.0 Å². The molecule has 14 heavy (non-hydrogen) atoms. The van der Waals surface area contributed by atoms with Crippen molar-refractivity contribution in [3.05, 3.63) is 17.5 Å². The number of nitrogens with one attached hydrogen (secondary N) is 1. The van der Waals surface area contributed by atoms with E-state index in [0.29, 0.717) is 5.82 Å². The second-order valence-corrected chi connectivity index (χ2v) is 2.98. The Morgan fingerprint density at radius 3 is 2.79 bits per heavy atom. The van der Waals surface area contributed by atoms with Crippen LogP contribution in [0.15, 0.2) is 12.4 Å². The fraction of sp³-hybridized carbons (Fsp3) is 0.375. The summed E-state index contributed by atoms with van der Waals surface area (Å²) in [4.78, 5) is 18.9. The van der Waals surface area contributed by atoms with E-state index in [-0.39, 0.29) is 11.1 Å². The van der Waals surface area contributed by atoms with Crippen molar-refractivity contribution in [3.63, 3.8) is 0 Å². The molecule has 5 nitrogen and oxygen atoms in total. The van der Waals surface area contributed by atoms with Crippen LogP contribution in [0.3, 0.4) is 0 Å². The van der Waals surface area contributed by atoms with Gasteiger partial charge in [-0.1, -0.05) is 11.6 Å². The van der Waals surface area contributed by atoms with Crippen molar-refractivity contribution in [2.24, 2.45) is 0 Å². The van der Waals surface area contributed by atoms with Gasteiger partial charge in [0.15, 0.2) is 5.82 Å². The number of ether oxygens (including phenoxy) is 1. The van der Waals surface area contributed by atoms with Crippen molar-refractivity contribution in [3.8, 4) is 0 Å². The van der Waals surface area contributed by atoms with Crippen LogP contribution in [0.25, 0.3) is 0 Å². The molecular formula is C8H10ClN3O2. The number of hydrogen-bond donors (Lipinski definition) is 1. The molecule has 0 aromatic carbocycles. The lowest BCUT2D eigenvalue weighted by Gasteiger charge is -2.08. The summed E-state index contributed by atoms with van der Waals surface area (Å²) in [6.45, 7) is 1.64. The first kappa shape index (κ1) is 10.9. The van der Waals surface area contributed by atoms with Gasteiger partial charge in [-0.25, -0.2) is 9.97 Å². The fourth-order valence-electron chi connectivity index (χ4n) is 0.712. The Balaban J connectivity index is 2.60. The summed E-state index contributed by atoms with van der Waals surface area (Å²) in [5, 5.41) is 2.80. The van der Waals surface area contributed by atoms with Gasteiger partial charge in [0.1, 0.15) is 11.3 Å². The number of aromatic nitrogens is 2. The van der Waals surface area contributed by atoms with Gasteiger partial charge in [0.2, 0.25) is 0 Å². The molecule has 0 aliphatic heterocycles. The van der Waals surface area contributed by atoms with Gasteiger partial charge in [-0.15, -0.1) is 0 Å². The topological polar surface area (TPSA) is 64.1 Å². The molecule has 6 heteroatoms. The third-order valence-corrected chi connectivity index (χ3v) is 1.79. The highest BCUT2D eigenvalue weighted by Gasteiger charge is 2.11. The second-order valence-electron chi connectivity index (χ2n) is 2.59. The number of rotatable bonds is 3. The Labute approximate surface area is 86.5 Å². The summed E-state index contributed by atoms with van der Waals surface area (Å²) in [6.07, 6.45) is 2.21. The zero-order chi connectivity index (χ0) is 10.6. The molecule has 0 spiro atoms. The summed E-state index contributed by atoms with van der Waals surface area (Å²) in [5.74, 6) is 0.0763. The minimum absolute atomic E-state index is 0.274. The quantitative estimate of drug-likeness (QED) is 0.820. The van der Waals surface area contributed by atoms with Crippen molar-refractivity contribution < 1.29 is 9.53 Å². The molecule has 0 radical (unpaired) electrons. The summed E-state index contributed by atoms with van der Waals surface area (Å²) in [7, 11) is 1.46. The highest BCUT2D eigenvalue weighted by molar-refractivity contribution is 6.29. The molecule has 1 unspecified atom stereocenters. The minimum Gasteiger partial charge on any atom is -0.372 e. The van der Waals surface area contributed by atoms with E-state index < -0.39 is 6.10 Å². The van der Waals surface area contributed by atoms with E-state index in [0.717, 1.165) is 0 Å². The number of methoxy groups -OCH3 is 1. The van der Waals surface area contributed by atoms with Crippen LogP contribution in [-0.4, -0.2) is 29.1 Å². The predicted octanol–water partition coefficient (Wildman–Crippen LogP) is 1.10. The molecule has 1 aromatic heterocycles. The Hall–Kier alpha value is -1.20. The number of nitrogens with zero attached hydrogens (tertiary/aromatic N) is 2. The zero-order valence-corrected chi connectivity index (χ0v) is 8.58. The molecule has 76 valence electrons. The molecule has 0 aliphatic carbocycles. The second kappa shape index (κ2) is 4.88. The lowest BCUT2D eigenvalue weighted by atomic mass is 10.4. The summed E-state index contributed by atoms with van der Waals surface area (Å²) < 4.78 is 4.82. The Morgan fingerprint density at radius 1 is 1.57 bits per heavy atom. The maximum absolute atomic E-state index is 11.3. The van der Waals surface area contributed by atoms with Crippen molar-refractivity contribution in [1.82, 2.24) is 9.97 Å². The number of anilines is 1. The van der Waals surface area contributed by atoms with Gasteiger partial charge >= 0.3 is 0 Å². The summed E-state index contributed by atoms with van der Waals surface area (Å²) >= 11 is 5.53. The average Bonchev–Trinajstić information content (AvgIpc) is 2.20. The number of carbonyl (C=O) groups is 1. The van der Waals surface area contributed by atoms with Gasteiger partial charge < -0.3 is 10.1 Å². The van der Waals surface area contributed by atoms with Crippen LogP contribution in [0.1, 0.15) is 6.92 Å². The van der Waals surface area contributed by atoms with Crippen LogP contribution in [0, 0.1) is 0 Å². The fourth-order valence-corrected chi connectivity index (χ4v) is 0.809. The van der Waals surface area contributed by atoms with Crippen LogP contribution in [0.4, 0.5) is 5.82 Å². The Morgan fingerprint density at radius 2 is 2.29 bits per heavy atom. The summed E-state index contributed by atoms with van der Waals surface area (Å²) in [6, 6.07) is 0. The van der Waals surface area contributed by atoms with Gasteiger partial charge in [0.25, 0.3) is 5.91 Å². The maximum Gasteiger partial charge on any atom is 0.254 e. The lowest BCUT2D eigenvalue weighted by Crippen LogP contribution is -2.26. The lowest BCUT2D eigenvalue weighted by molar-refractivity contribution is -0.124. The Bertz CT molecular complexity index is 315. The van der Waals surface area contributed by atoms with E-state index in [1.807, 2.05) is 0 Å². The molecule has 1 N–H and O–H groups in total. The highest BCUT2D eigenvalue weighted by atomic mass is 35.5. The number of hydrogen-bond acceptors (Lipinski definition) is 4. The van der Waals surface area contributed by atoms with Crippen LogP contribution in [-0.2, 0) is 9.53 Å². The van der Waals surface area contributed by atoms with E-state index >= 15 is 0 Å². The monoisotopic (exact) mass is 215 g/mol. The van der Waals surface area contributed by atoms with E-state index in [1.54, 1.807) is 6.92 Å². The number of carbonyl (C=O) groups excluding carboxylic acids is 1. The SMILES string of the molecule is COC(C)C(=O)Nc1cnc(Cl)cn1. The molecule has 0 bridgehead atoms. The molecule has 1 amide bonds. The molecule has 1 aromatic rings. The van der Waals surface area contributed by atoms with Gasteiger partial charge in [0.05, 0.1) is 12.4 Å². The number of halogens is 1. The molecule has 1 rings (SSSR count). The van der Waals surface area contributed by atoms with E-state index in [1.165, 1.54) is 19.5 Å². The van der Waals surface area contributed by atoms with Crippen LogP contribution < -0.4 is 5.32 Å². The van der Waals surface area contributed by atoms with Crippen molar-refractivity contribution in [2.75, 3.05) is 12.4 Å². The van der Waals surface area contributed by atoms with Gasteiger partial charge in [-0.3, -0.25) is 4.79 Å². The van der Waals surface area contributed by atoms with Gasteiger partial charge in [-0.2, -0.15) is 0 Å². The smallest absolute Gasteiger partial charge is 0.254 e. The normalized spacial score (nSPS) is 12.2. The molecule has 0 fully saturated rings. The van der Waals surface area contributed by atoms with E-state index in [4.69, 9.17) is 16.3 Å². The maximum atomic E-state index is 11.3. The first-order valence-electron chi connectivity index (χ1n) is 3.94. The van der Waals surface area contributed by atoms with Crippen molar-refractivity contribution >= 4 is 23.3 Å². The van der Waals surface area contributed by atoms with Crippen LogP contribution >= 0.6 is 11.6 Å². The van der Waals surface area contributed by atoms with Crippen molar-refractivity contribution in [1.29, 1.82) is 0 Å². The highest BCUT2D eigenvalue weighted by Crippen LogP contribution is 2.05. The van der Waals surface area contributed by atoms with Gasteiger partial charge in [-0.05, 0) is 6.92 Å². The summed E-state index contributed by atoms with van der Waals surface area (Å²) in [5.41, 5.74) is 0. The standard InChI is InChI=1S/C8H10ClN3O2/c1-5(14-2)8(13)12-7-4-10-6(9)3-11-7/h3-5H,1-2H3,(H,11,12,13). The van der Waals surface area contributed by atoms with Gasteiger partial charge in [0, 0.05) is 7.11 Å². The first-order chi connectivity index (χ1) is 6.63. The number of amides is 1. The van der Waals surface area contributed by atoms with E-state index in [9.17, 15) is 4.79 Å². The molecule has 0 saturated heterocycles. The molecular weight excluding hydrogens is 206 g/mol. The molecule has 1 heterocycles. The first-order valence-corrected chi connectivity index (χ1v) is 4.32. The molecule has 1 atom stereocenters. The van der Waals surface area contributed by atoms with E-state index in [2.05, 4.69) is 15.3 Å². The zero-order valence-electron chi connectivity index (χ0n) is 7.82. The predicted molar refractivity (Wildman–Crippen MR) is 52.1 cm³/mol. The van der Waals surface area contributed by atoms with Crippen LogP contribution in [0.5, 0.6) is 0 Å². The Kier molecular flexibility index (Phi) is 3.79.